The van der Waals surface area contributed by atoms with Gasteiger partial charge in [0.2, 0.25) is 0 Å². The molecule has 1 rings (SSSR count). The zero-order valence-corrected chi connectivity index (χ0v) is 10.9. The van der Waals surface area contributed by atoms with E-state index in [1.807, 2.05) is 5.32 Å². The number of halogens is 1. The molecule has 1 amide bonds. The van der Waals surface area contributed by atoms with Crippen molar-refractivity contribution in [2.45, 2.75) is 17.0 Å². The van der Waals surface area contributed by atoms with Gasteiger partial charge >= 0.3 is 6.09 Å². The molecule has 3 N–H and O–H groups in total. The monoisotopic (exact) mass is 291 g/mol. The number of benzene rings is 1. The minimum absolute atomic E-state index is 0.0615. The van der Waals surface area contributed by atoms with Crippen molar-refractivity contribution in [3.8, 4) is 0 Å². The molecule has 1 unspecified atom stereocenters. The maximum atomic E-state index is 12.6. The molecule has 6 nitrogen and oxygen atoms in total. The second-order valence-corrected chi connectivity index (χ2v) is 6.01. The average molecular weight is 291 g/mol. The van der Waals surface area contributed by atoms with Crippen LogP contribution in [0.5, 0.6) is 0 Å². The molecular formula is C11H14FNO5S. The van der Waals surface area contributed by atoms with Gasteiger partial charge < -0.3 is 15.5 Å². The fourth-order valence-electron chi connectivity index (χ4n) is 1.51. The van der Waals surface area contributed by atoms with Crippen molar-refractivity contribution in [2.75, 3.05) is 12.9 Å². The van der Waals surface area contributed by atoms with Crippen LogP contribution in [0.15, 0.2) is 29.2 Å². The molecule has 0 radical (unpaired) electrons. The summed E-state index contributed by atoms with van der Waals surface area (Å²) in [4.78, 5) is 10.5. The number of hydrogen-bond acceptors (Lipinski definition) is 4. The summed E-state index contributed by atoms with van der Waals surface area (Å²) < 4.78 is 35.1. The molecule has 2 atom stereocenters. The topological polar surface area (TPSA) is 104 Å². The molecule has 1 aromatic rings. The predicted molar refractivity (Wildman–Crippen MR) is 65.4 cm³/mol. The van der Waals surface area contributed by atoms with Gasteiger partial charge in [0.1, 0.15) is 12.8 Å². The van der Waals surface area contributed by atoms with Gasteiger partial charge in [-0.1, -0.05) is 12.1 Å². The maximum absolute atomic E-state index is 12.6. The molecule has 0 bridgehead atoms. The number of hydrogen-bond donors (Lipinski definition) is 3. The number of nitrogens with one attached hydrogen (secondary N) is 1. The van der Waals surface area contributed by atoms with Gasteiger partial charge in [-0.2, -0.15) is 0 Å². The molecular weight excluding hydrogens is 277 g/mol. The van der Waals surface area contributed by atoms with E-state index in [2.05, 4.69) is 0 Å². The van der Waals surface area contributed by atoms with Crippen LogP contribution in [-0.2, 0) is 9.84 Å². The lowest BCUT2D eigenvalue weighted by Gasteiger charge is -2.20. The third-order valence-corrected chi connectivity index (χ3v) is 3.63. The quantitative estimate of drug-likeness (QED) is 0.742. The summed E-state index contributed by atoms with van der Waals surface area (Å²) >= 11 is 0. The third-order valence-electron chi connectivity index (χ3n) is 2.51. The van der Waals surface area contributed by atoms with E-state index < -0.39 is 34.8 Å². The number of rotatable bonds is 5. The third kappa shape index (κ3) is 4.18. The van der Waals surface area contributed by atoms with Gasteiger partial charge in [0.25, 0.3) is 0 Å². The number of alkyl halides is 1. The molecule has 0 aliphatic carbocycles. The number of aliphatic hydroxyl groups is 1. The Morgan fingerprint density at radius 2 is 1.89 bits per heavy atom. The Bertz CT molecular complexity index is 543. The highest BCUT2D eigenvalue weighted by Gasteiger charge is 2.23. The minimum atomic E-state index is -3.36. The molecule has 8 heteroatoms. The molecule has 0 saturated heterocycles. The fraction of sp³-hybridized carbons (Fsp3) is 0.364. The Hall–Kier alpha value is -1.67. The zero-order chi connectivity index (χ0) is 14.6. The molecule has 1 aromatic carbocycles. The second-order valence-electron chi connectivity index (χ2n) is 4.00. The van der Waals surface area contributed by atoms with Crippen LogP contribution < -0.4 is 5.32 Å². The van der Waals surface area contributed by atoms with Gasteiger partial charge in [-0.25, -0.2) is 17.6 Å². The summed E-state index contributed by atoms with van der Waals surface area (Å²) in [6.07, 6.45) is -1.81. The van der Waals surface area contributed by atoms with Crippen molar-refractivity contribution in [3.63, 3.8) is 0 Å². The molecule has 106 valence electrons. The van der Waals surface area contributed by atoms with E-state index in [1.165, 1.54) is 24.3 Å². The van der Waals surface area contributed by atoms with Crippen LogP contribution in [-0.4, -0.2) is 43.7 Å². The summed E-state index contributed by atoms with van der Waals surface area (Å²) in [5.74, 6) is 0. The van der Waals surface area contributed by atoms with Crippen LogP contribution in [0, 0.1) is 0 Å². The summed E-state index contributed by atoms with van der Waals surface area (Å²) in [5, 5.41) is 20.1. The second kappa shape index (κ2) is 5.98. The largest absolute Gasteiger partial charge is 0.465 e. The summed E-state index contributed by atoms with van der Waals surface area (Å²) in [5.41, 5.74) is 0.226. The van der Waals surface area contributed by atoms with Gasteiger partial charge in [-0.15, -0.1) is 0 Å². The Balaban J connectivity index is 2.93. The van der Waals surface area contributed by atoms with Crippen LogP contribution in [0.25, 0.3) is 0 Å². The first-order chi connectivity index (χ1) is 8.75. The summed E-state index contributed by atoms with van der Waals surface area (Å²) in [6, 6.07) is 3.86. The van der Waals surface area contributed by atoms with Gasteiger partial charge in [0, 0.05) is 6.26 Å². The minimum Gasteiger partial charge on any atom is -0.465 e. The molecule has 0 aliphatic rings. The van der Waals surface area contributed by atoms with Gasteiger partial charge in [-0.05, 0) is 17.7 Å². The zero-order valence-electron chi connectivity index (χ0n) is 10.1. The van der Waals surface area contributed by atoms with Crippen molar-refractivity contribution < 1.29 is 27.8 Å². The summed E-state index contributed by atoms with van der Waals surface area (Å²) in [6.45, 7) is -1.08. The van der Waals surface area contributed by atoms with Crippen molar-refractivity contribution in [1.29, 1.82) is 0 Å². The number of amides is 1. The van der Waals surface area contributed by atoms with Crippen LogP contribution in [0.3, 0.4) is 0 Å². The maximum Gasteiger partial charge on any atom is 0.405 e. The highest BCUT2D eigenvalue weighted by molar-refractivity contribution is 7.90. The lowest BCUT2D eigenvalue weighted by molar-refractivity contribution is 0.107. The number of sulfone groups is 1. The van der Waals surface area contributed by atoms with E-state index in [-0.39, 0.29) is 10.5 Å². The van der Waals surface area contributed by atoms with Gasteiger partial charge in [0.05, 0.1) is 10.9 Å². The Morgan fingerprint density at radius 3 is 2.26 bits per heavy atom. The van der Waals surface area contributed by atoms with Crippen LogP contribution >= 0.6 is 0 Å². The summed E-state index contributed by atoms with van der Waals surface area (Å²) in [7, 11) is -3.36. The van der Waals surface area contributed by atoms with Crippen molar-refractivity contribution in [2.24, 2.45) is 0 Å². The highest BCUT2D eigenvalue weighted by Crippen LogP contribution is 2.19. The standard InChI is InChI=1S/C11H14FNO5S/c1-19(17,18)8-4-2-7(3-5-8)10(14)9(6-12)13-11(15)16/h2-5,9-10,13-14H,6H2,1H3,(H,15,16)/t9?,10-/m0/s1. The first-order valence-corrected chi connectivity index (χ1v) is 7.18. The van der Waals surface area contributed by atoms with E-state index in [1.54, 1.807) is 0 Å². The van der Waals surface area contributed by atoms with Crippen LogP contribution in [0.2, 0.25) is 0 Å². The average Bonchev–Trinajstić information content (AvgIpc) is 2.34. The lowest BCUT2D eigenvalue weighted by atomic mass is 10.0. The number of aliphatic hydroxyl groups excluding tert-OH is 1. The van der Waals surface area contributed by atoms with Crippen molar-refractivity contribution in [1.82, 2.24) is 5.32 Å². The molecule has 0 saturated carbocycles. The molecule has 0 spiro atoms. The van der Waals surface area contributed by atoms with E-state index >= 15 is 0 Å². The smallest absolute Gasteiger partial charge is 0.405 e. The Morgan fingerprint density at radius 1 is 1.37 bits per heavy atom. The molecule has 0 fully saturated rings. The molecule has 0 aliphatic heterocycles. The molecule has 0 heterocycles. The van der Waals surface area contributed by atoms with Crippen molar-refractivity contribution >= 4 is 15.9 Å². The predicted octanol–water partition coefficient (Wildman–Crippen LogP) is 0.729. The van der Waals surface area contributed by atoms with Gasteiger partial charge in [0.15, 0.2) is 9.84 Å². The van der Waals surface area contributed by atoms with E-state index in [0.29, 0.717) is 0 Å². The highest BCUT2D eigenvalue weighted by atomic mass is 32.2. The van der Waals surface area contributed by atoms with Crippen LogP contribution in [0.1, 0.15) is 11.7 Å². The van der Waals surface area contributed by atoms with E-state index in [0.717, 1.165) is 6.26 Å². The fourth-order valence-corrected chi connectivity index (χ4v) is 2.14. The van der Waals surface area contributed by atoms with Gasteiger partial charge in [-0.3, -0.25) is 0 Å². The number of carboxylic acid groups (broad SMARTS) is 1. The SMILES string of the molecule is CS(=O)(=O)c1ccc([C@H](O)C(CF)NC(=O)O)cc1. The van der Waals surface area contributed by atoms with E-state index in [4.69, 9.17) is 5.11 Å². The Labute approximate surface area is 109 Å². The first kappa shape index (κ1) is 15.4. The van der Waals surface area contributed by atoms with Crippen molar-refractivity contribution in [3.05, 3.63) is 29.8 Å². The first-order valence-electron chi connectivity index (χ1n) is 5.29. The Kier molecular flexibility index (Phi) is 4.84. The number of carbonyl (C=O) groups is 1. The molecule has 0 aromatic heterocycles. The molecule has 19 heavy (non-hydrogen) atoms. The lowest BCUT2D eigenvalue weighted by Crippen LogP contribution is -2.40. The van der Waals surface area contributed by atoms with E-state index in [9.17, 15) is 22.7 Å². The normalized spacial score (nSPS) is 14.7. The van der Waals surface area contributed by atoms with Crippen LogP contribution in [0.4, 0.5) is 9.18 Å².